The SMILES string of the molecule is CC1Cn2c(nnc2-c2cccc(NC(N)=S)c2)S1. The number of hydrogen-bond donors (Lipinski definition) is 2. The summed E-state index contributed by atoms with van der Waals surface area (Å²) in [6, 6.07) is 7.85. The van der Waals surface area contributed by atoms with E-state index in [2.05, 4.69) is 27.0 Å². The minimum atomic E-state index is 0.257. The van der Waals surface area contributed by atoms with Gasteiger partial charge >= 0.3 is 0 Å². The molecule has 3 rings (SSSR count). The van der Waals surface area contributed by atoms with E-state index in [0.29, 0.717) is 5.25 Å². The molecule has 19 heavy (non-hydrogen) atoms. The smallest absolute Gasteiger partial charge is 0.191 e. The topological polar surface area (TPSA) is 68.8 Å². The van der Waals surface area contributed by atoms with Gasteiger partial charge in [-0.05, 0) is 24.4 Å². The molecule has 1 aromatic carbocycles. The number of nitrogens with two attached hydrogens (primary N) is 1. The maximum Gasteiger partial charge on any atom is 0.191 e. The van der Waals surface area contributed by atoms with Crippen LogP contribution in [0.3, 0.4) is 0 Å². The minimum Gasteiger partial charge on any atom is -0.376 e. The fourth-order valence-electron chi connectivity index (χ4n) is 2.11. The summed E-state index contributed by atoms with van der Waals surface area (Å²) in [5.74, 6) is 0.887. The fraction of sp³-hybridized carbons (Fsp3) is 0.250. The van der Waals surface area contributed by atoms with E-state index in [9.17, 15) is 0 Å². The summed E-state index contributed by atoms with van der Waals surface area (Å²) >= 11 is 6.60. The van der Waals surface area contributed by atoms with Gasteiger partial charge in [0.05, 0.1) is 0 Å². The maximum atomic E-state index is 5.49. The second-order valence-electron chi connectivity index (χ2n) is 4.42. The van der Waals surface area contributed by atoms with Crippen molar-refractivity contribution >= 4 is 34.8 Å². The fourth-order valence-corrected chi connectivity index (χ4v) is 3.18. The average Bonchev–Trinajstić information content (AvgIpc) is 2.87. The van der Waals surface area contributed by atoms with Crippen LogP contribution in [-0.2, 0) is 6.54 Å². The third-order valence-corrected chi connectivity index (χ3v) is 4.02. The predicted octanol–water partition coefficient (Wildman–Crippen LogP) is 2.09. The molecule has 1 unspecified atom stereocenters. The molecule has 2 aromatic rings. The van der Waals surface area contributed by atoms with Crippen molar-refractivity contribution in [3.63, 3.8) is 0 Å². The zero-order valence-electron chi connectivity index (χ0n) is 10.3. The molecule has 0 bridgehead atoms. The van der Waals surface area contributed by atoms with Crippen LogP contribution in [0.25, 0.3) is 11.4 Å². The van der Waals surface area contributed by atoms with Crippen LogP contribution in [0, 0.1) is 0 Å². The molecule has 3 N–H and O–H groups in total. The van der Waals surface area contributed by atoms with Crippen LogP contribution in [0.5, 0.6) is 0 Å². The first-order valence-corrected chi connectivity index (χ1v) is 7.19. The highest BCUT2D eigenvalue weighted by Crippen LogP contribution is 2.34. The van der Waals surface area contributed by atoms with Gasteiger partial charge in [-0.15, -0.1) is 10.2 Å². The van der Waals surface area contributed by atoms with Gasteiger partial charge in [0, 0.05) is 23.0 Å². The zero-order valence-corrected chi connectivity index (χ0v) is 12.0. The van der Waals surface area contributed by atoms with Gasteiger partial charge in [-0.25, -0.2) is 0 Å². The van der Waals surface area contributed by atoms with E-state index >= 15 is 0 Å². The second kappa shape index (κ2) is 4.82. The van der Waals surface area contributed by atoms with E-state index in [4.69, 9.17) is 18.0 Å². The van der Waals surface area contributed by atoms with Crippen molar-refractivity contribution < 1.29 is 0 Å². The van der Waals surface area contributed by atoms with Crippen LogP contribution >= 0.6 is 24.0 Å². The molecule has 5 nitrogen and oxygen atoms in total. The van der Waals surface area contributed by atoms with Crippen LogP contribution in [0.4, 0.5) is 5.69 Å². The third-order valence-electron chi connectivity index (χ3n) is 2.85. The molecule has 1 aliphatic rings. The van der Waals surface area contributed by atoms with Gasteiger partial charge in [-0.3, -0.25) is 0 Å². The van der Waals surface area contributed by atoms with Crippen molar-refractivity contribution in [1.29, 1.82) is 0 Å². The summed E-state index contributed by atoms with van der Waals surface area (Å²) in [4.78, 5) is 0. The molecular weight excluding hydrogens is 278 g/mol. The van der Waals surface area contributed by atoms with Crippen molar-refractivity contribution in [3.8, 4) is 11.4 Å². The first-order chi connectivity index (χ1) is 9.13. The van der Waals surface area contributed by atoms with Gasteiger partial charge in [-0.2, -0.15) is 0 Å². The Balaban J connectivity index is 1.97. The van der Waals surface area contributed by atoms with E-state index < -0.39 is 0 Å². The van der Waals surface area contributed by atoms with Gasteiger partial charge in [0.25, 0.3) is 0 Å². The second-order valence-corrected chi connectivity index (χ2v) is 6.26. The molecule has 0 fully saturated rings. The summed E-state index contributed by atoms with van der Waals surface area (Å²) in [5.41, 5.74) is 7.36. The monoisotopic (exact) mass is 291 g/mol. The summed E-state index contributed by atoms with van der Waals surface area (Å²) in [6.07, 6.45) is 0. The molecule has 0 radical (unpaired) electrons. The number of thioether (sulfide) groups is 1. The molecule has 0 amide bonds. The first kappa shape index (κ1) is 12.4. The van der Waals surface area contributed by atoms with E-state index in [1.807, 2.05) is 24.3 Å². The van der Waals surface area contributed by atoms with Crippen molar-refractivity contribution in [2.24, 2.45) is 5.73 Å². The molecule has 0 saturated heterocycles. The third kappa shape index (κ3) is 2.43. The van der Waals surface area contributed by atoms with Gasteiger partial charge in [0.15, 0.2) is 16.1 Å². The molecule has 0 aliphatic carbocycles. The number of fused-ring (bicyclic) bond motifs is 1. The Kier molecular flexibility index (Phi) is 3.16. The van der Waals surface area contributed by atoms with Crippen molar-refractivity contribution in [2.45, 2.75) is 23.9 Å². The summed E-state index contributed by atoms with van der Waals surface area (Å²) < 4.78 is 2.15. The van der Waals surface area contributed by atoms with Crippen molar-refractivity contribution in [1.82, 2.24) is 14.8 Å². The number of benzene rings is 1. The Morgan fingerprint density at radius 1 is 1.53 bits per heavy atom. The number of anilines is 1. The van der Waals surface area contributed by atoms with Crippen molar-refractivity contribution in [2.75, 3.05) is 5.32 Å². The Morgan fingerprint density at radius 3 is 3.16 bits per heavy atom. The lowest BCUT2D eigenvalue weighted by Crippen LogP contribution is -2.18. The molecule has 1 aromatic heterocycles. The molecule has 7 heteroatoms. The number of aromatic nitrogens is 3. The van der Waals surface area contributed by atoms with Crippen LogP contribution < -0.4 is 11.1 Å². The quantitative estimate of drug-likeness (QED) is 0.826. The zero-order chi connectivity index (χ0) is 13.4. The molecule has 2 heterocycles. The minimum absolute atomic E-state index is 0.257. The van der Waals surface area contributed by atoms with Gasteiger partial charge in [0.2, 0.25) is 0 Å². The van der Waals surface area contributed by atoms with Gasteiger partial charge < -0.3 is 15.6 Å². The number of thiocarbonyl (C=S) groups is 1. The molecule has 0 saturated carbocycles. The van der Waals surface area contributed by atoms with Crippen LogP contribution in [0.1, 0.15) is 6.92 Å². The van der Waals surface area contributed by atoms with E-state index in [1.165, 1.54) is 0 Å². The van der Waals surface area contributed by atoms with Crippen LogP contribution in [0.2, 0.25) is 0 Å². The lowest BCUT2D eigenvalue weighted by molar-refractivity contribution is 0.675. The molecule has 1 aliphatic heterocycles. The Labute approximate surface area is 120 Å². The molecule has 98 valence electrons. The summed E-state index contributed by atoms with van der Waals surface area (Å²) in [5, 5.41) is 13.2. The van der Waals surface area contributed by atoms with Gasteiger partial charge in [0.1, 0.15) is 0 Å². The lowest BCUT2D eigenvalue weighted by Gasteiger charge is -2.07. The standard InChI is InChI=1S/C12H13N5S2/c1-7-6-17-10(15-16-12(17)19-7)8-3-2-4-9(5-8)14-11(13)18/h2-5,7H,6H2,1H3,(H3,13,14,18). The van der Waals surface area contributed by atoms with E-state index in [0.717, 1.165) is 28.8 Å². The van der Waals surface area contributed by atoms with Gasteiger partial charge in [-0.1, -0.05) is 30.8 Å². The predicted molar refractivity (Wildman–Crippen MR) is 81.2 cm³/mol. The maximum absolute atomic E-state index is 5.49. The summed E-state index contributed by atoms with van der Waals surface area (Å²) in [6.45, 7) is 3.13. The lowest BCUT2D eigenvalue weighted by atomic mass is 10.2. The highest BCUT2D eigenvalue weighted by atomic mass is 32.2. The molecule has 0 spiro atoms. The Bertz CT molecular complexity index is 637. The number of hydrogen-bond acceptors (Lipinski definition) is 4. The van der Waals surface area contributed by atoms with E-state index in [1.54, 1.807) is 11.8 Å². The van der Waals surface area contributed by atoms with Crippen LogP contribution in [0.15, 0.2) is 29.4 Å². The number of rotatable bonds is 2. The first-order valence-electron chi connectivity index (χ1n) is 5.90. The van der Waals surface area contributed by atoms with E-state index in [-0.39, 0.29) is 5.11 Å². The average molecular weight is 291 g/mol. The largest absolute Gasteiger partial charge is 0.376 e. The normalized spacial score (nSPS) is 17.2. The van der Waals surface area contributed by atoms with Crippen LogP contribution in [-0.4, -0.2) is 25.1 Å². The number of nitrogens with zero attached hydrogens (tertiary/aromatic N) is 3. The highest BCUT2D eigenvalue weighted by Gasteiger charge is 2.24. The molecular formula is C12H13N5S2. The molecule has 1 atom stereocenters. The Hall–Kier alpha value is -1.60. The Morgan fingerprint density at radius 2 is 2.37 bits per heavy atom. The number of nitrogens with one attached hydrogen (secondary N) is 1. The summed E-state index contributed by atoms with van der Waals surface area (Å²) in [7, 11) is 0. The van der Waals surface area contributed by atoms with Crippen molar-refractivity contribution in [3.05, 3.63) is 24.3 Å². The highest BCUT2D eigenvalue weighted by molar-refractivity contribution is 7.99.